The second-order valence-corrected chi connectivity index (χ2v) is 6.08. The summed E-state index contributed by atoms with van der Waals surface area (Å²) in [5.41, 5.74) is 0. The lowest BCUT2D eigenvalue weighted by molar-refractivity contribution is -0.133. The average Bonchev–Trinajstić information content (AvgIpc) is 2.70. The third-order valence-electron chi connectivity index (χ3n) is 2.20. The molecule has 0 saturated heterocycles. The van der Waals surface area contributed by atoms with E-state index in [1.165, 1.54) is 4.88 Å². The monoisotopic (exact) mass is 302 g/mol. The fraction of sp³-hybridized carbons (Fsp3) is 0.364. The molecule has 96 valence electrons. The molecule has 1 N–H and O–H groups in total. The maximum absolute atomic E-state index is 10.5. The van der Waals surface area contributed by atoms with Gasteiger partial charge in [-0.05, 0) is 12.5 Å². The van der Waals surface area contributed by atoms with E-state index in [9.17, 15) is 4.79 Å². The lowest BCUT2D eigenvalue weighted by Crippen LogP contribution is -1.99. The number of carbonyl (C=O) groups is 1. The number of carboxylic acids is 1. The summed E-state index contributed by atoms with van der Waals surface area (Å²) in [6.45, 7) is 2.12. The van der Waals surface area contributed by atoms with E-state index >= 15 is 0 Å². The van der Waals surface area contributed by atoms with Crippen molar-refractivity contribution >= 4 is 50.9 Å². The molecule has 0 aliphatic carbocycles. The average molecular weight is 303 g/mol. The summed E-state index contributed by atoms with van der Waals surface area (Å²) in [5, 5.41) is 10.3. The summed E-state index contributed by atoms with van der Waals surface area (Å²) >= 11 is 8.75. The zero-order valence-corrected chi connectivity index (χ0v) is 12.0. The Morgan fingerprint density at radius 3 is 3.00 bits per heavy atom. The molecule has 0 aromatic carbocycles. The third kappa shape index (κ3) is 3.13. The zero-order chi connectivity index (χ0) is 13.1. The van der Waals surface area contributed by atoms with Crippen LogP contribution in [0, 0.1) is 0 Å². The molecule has 2 aromatic rings. The predicted molar refractivity (Wildman–Crippen MR) is 74.8 cm³/mol. The van der Waals surface area contributed by atoms with Crippen molar-refractivity contribution < 1.29 is 9.90 Å². The van der Waals surface area contributed by atoms with E-state index < -0.39 is 5.97 Å². The first-order chi connectivity index (χ1) is 8.60. The molecule has 4 nitrogen and oxygen atoms in total. The summed E-state index contributed by atoms with van der Waals surface area (Å²) in [7, 11) is 0. The number of fused-ring (bicyclic) bond motifs is 1. The van der Waals surface area contributed by atoms with Gasteiger partial charge in [0.05, 0.1) is 5.75 Å². The minimum Gasteiger partial charge on any atom is -0.481 e. The van der Waals surface area contributed by atoms with Gasteiger partial charge in [0.25, 0.3) is 0 Å². The van der Waals surface area contributed by atoms with Gasteiger partial charge in [-0.2, -0.15) is 0 Å². The van der Waals surface area contributed by atoms with Gasteiger partial charge in [-0.3, -0.25) is 4.79 Å². The van der Waals surface area contributed by atoms with E-state index in [0.29, 0.717) is 10.3 Å². The van der Waals surface area contributed by atoms with Gasteiger partial charge in [-0.25, -0.2) is 9.97 Å². The molecule has 18 heavy (non-hydrogen) atoms. The Morgan fingerprint density at radius 2 is 2.33 bits per heavy atom. The molecule has 0 spiro atoms. The van der Waals surface area contributed by atoms with Crippen molar-refractivity contribution in [2.24, 2.45) is 0 Å². The highest BCUT2D eigenvalue weighted by Gasteiger charge is 2.11. The number of nitrogens with zero attached hydrogens (tertiary/aromatic N) is 2. The molecule has 0 aliphatic rings. The van der Waals surface area contributed by atoms with Crippen LogP contribution in [-0.4, -0.2) is 26.8 Å². The minimum atomic E-state index is -0.891. The normalized spacial score (nSPS) is 11.0. The summed E-state index contributed by atoms with van der Waals surface area (Å²) in [5.74, 6) is -0.952. The standard InChI is InChI=1S/C11H11ClN2O2S2/c1-2-3-6-4-7-9(12)13-11(14-10(7)18-6)17-5-8(15)16/h4H,2-3,5H2,1H3,(H,15,16). The van der Waals surface area contributed by atoms with E-state index in [1.54, 1.807) is 11.3 Å². The van der Waals surface area contributed by atoms with E-state index in [1.807, 2.05) is 6.07 Å². The number of aryl methyl sites for hydroxylation is 1. The lowest BCUT2D eigenvalue weighted by atomic mass is 10.3. The fourth-order valence-corrected chi connectivity index (χ4v) is 3.56. The fourth-order valence-electron chi connectivity index (χ4n) is 1.48. The van der Waals surface area contributed by atoms with Crippen molar-refractivity contribution in [3.05, 3.63) is 16.1 Å². The van der Waals surface area contributed by atoms with Crippen LogP contribution in [0.1, 0.15) is 18.2 Å². The van der Waals surface area contributed by atoms with E-state index in [0.717, 1.165) is 34.8 Å². The van der Waals surface area contributed by atoms with E-state index in [-0.39, 0.29) is 5.75 Å². The van der Waals surface area contributed by atoms with Crippen LogP contribution in [0.5, 0.6) is 0 Å². The number of halogens is 1. The van der Waals surface area contributed by atoms with Crippen molar-refractivity contribution in [1.82, 2.24) is 9.97 Å². The van der Waals surface area contributed by atoms with Gasteiger partial charge in [0, 0.05) is 10.3 Å². The molecule has 0 amide bonds. The largest absolute Gasteiger partial charge is 0.481 e. The molecular weight excluding hydrogens is 292 g/mol. The highest BCUT2D eigenvalue weighted by atomic mass is 35.5. The van der Waals surface area contributed by atoms with E-state index in [4.69, 9.17) is 16.7 Å². The number of aromatic nitrogens is 2. The summed E-state index contributed by atoms with van der Waals surface area (Å²) in [6, 6.07) is 2.01. The van der Waals surface area contributed by atoms with Crippen molar-refractivity contribution in [2.75, 3.05) is 5.75 Å². The Bertz CT molecular complexity index is 586. The third-order valence-corrected chi connectivity index (χ3v) is 4.41. The Hall–Kier alpha value is -0.850. The Kier molecular flexibility index (Phi) is 4.42. The Balaban J connectivity index is 2.32. The molecule has 7 heteroatoms. The molecule has 0 unspecified atom stereocenters. The Morgan fingerprint density at radius 1 is 1.56 bits per heavy atom. The molecule has 0 radical (unpaired) electrons. The first-order valence-corrected chi connectivity index (χ1v) is 7.58. The number of thioether (sulfide) groups is 1. The number of rotatable bonds is 5. The molecule has 2 rings (SSSR count). The van der Waals surface area contributed by atoms with Crippen LogP contribution in [0.2, 0.25) is 5.15 Å². The van der Waals surface area contributed by atoms with Crippen molar-refractivity contribution in [2.45, 2.75) is 24.9 Å². The number of carboxylic acid groups (broad SMARTS) is 1. The van der Waals surface area contributed by atoms with Crippen LogP contribution in [0.25, 0.3) is 10.2 Å². The van der Waals surface area contributed by atoms with Gasteiger partial charge in [-0.1, -0.05) is 36.7 Å². The first kappa shape index (κ1) is 13.6. The van der Waals surface area contributed by atoms with E-state index in [2.05, 4.69) is 16.9 Å². The van der Waals surface area contributed by atoms with Gasteiger partial charge in [0.2, 0.25) is 0 Å². The SMILES string of the molecule is CCCc1cc2c(Cl)nc(SCC(=O)O)nc2s1. The lowest BCUT2D eigenvalue weighted by Gasteiger charge is -1.98. The predicted octanol–water partition coefficient (Wildman–Crippen LogP) is 3.47. The van der Waals surface area contributed by atoms with Crippen LogP contribution in [0.3, 0.4) is 0 Å². The van der Waals surface area contributed by atoms with Gasteiger partial charge >= 0.3 is 5.97 Å². The first-order valence-electron chi connectivity index (χ1n) is 5.40. The van der Waals surface area contributed by atoms with Crippen LogP contribution < -0.4 is 0 Å². The zero-order valence-electron chi connectivity index (χ0n) is 9.64. The number of hydrogen-bond acceptors (Lipinski definition) is 5. The Labute approximate surface area is 117 Å². The quantitative estimate of drug-likeness (QED) is 0.520. The van der Waals surface area contributed by atoms with Crippen molar-refractivity contribution in [3.63, 3.8) is 0 Å². The molecule has 0 bridgehead atoms. The van der Waals surface area contributed by atoms with Gasteiger partial charge < -0.3 is 5.11 Å². The molecule has 0 saturated carbocycles. The molecule has 0 aliphatic heterocycles. The number of aliphatic carboxylic acids is 1. The van der Waals surface area contributed by atoms with Crippen LogP contribution in [-0.2, 0) is 11.2 Å². The summed E-state index contributed by atoms with van der Waals surface area (Å²) < 4.78 is 0. The summed E-state index contributed by atoms with van der Waals surface area (Å²) in [6.07, 6.45) is 2.06. The minimum absolute atomic E-state index is 0.0605. The second-order valence-electron chi connectivity index (χ2n) is 3.66. The summed E-state index contributed by atoms with van der Waals surface area (Å²) in [4.78, 5) is 21.0. The van der Waals surface area contributed by atoms with Crippen molar-refractivity contribution in [1.29, 1.82) is 0 Å². The maximum Gasteiger partial charge on any atom is 0.313 e. The smallest absolute Gasteiger partial charge is 0.313 e. The molecule has 2 heterocycles. The maximum atomic E-state index is 10.5. The number of hydrogen-bond donors (Lipinski definition) is 1. The second kappa shape index (κ2) is 5.86. The van der Waals surface area contributed by atoms with Crippen LogP contribution in [0.4, 0.5) is 0 Å². The van der Waals surface area contributed by atoms with Gasteiger partial charge in [-0.15, -0.1) is 11.3 Å². The molecular formula is C11H11ClN2O2S2. The number of thiophene rings is 1. The van der Waals surface area contributed by atoms with Crippen molar-refractivity contribution in [3.8, 4) is 0 Å². The van der Waals surface area contributed by atoms with Crippen LogP contribution >= 0.6 is 34.7 Å². The van der Waals surface area contributed by atoms with Crippen LogP contribution in [0.15, 0.2) is 11.2 Å². The highest BCUT2D eigenvalue weighted by Crippen LogP contribution is 2.31. The van der Waals surface area contributed by atoms with Gasteiger partial charge in [0.1, 0.15) is 9.98 Å². The topological polar surface area (TPSA) is 63.1 Å². The molecule has 0 atom stereocenters. The van der Waals surface area contributed by atoms with Gasteiger partial charge in [0.15, 0.2) is 5.16 Å². The highest BCUT2D eigenvalue weighted by molar-refractivity contribution is 7.99. The molecule has 0 fully saturated rings. The molecule has 2 aromatic heterocycles.